The molecule has 0 fully saturated rings. The molecule has 2 aromatic heterocycles. The van der Waals surface area contributed by atoms with E-state index >= 15 is 0 Å². The zero-order valence-corrected chi connectivity index (χ0v) is 12.4. The number of hydrogen-bond donors (Lipinski definition) is 0. The normalized spacial score (nSPS) is 12.9. The summed E-state index contributed by atoms with van der Waals surface area (Å²) in [7, 11) is 0. The lowest BCUT2D eigenvalue weighted by Crippen LogP contribution is -2.11. The number of alkyl halides is 1. The molecule has 0 amide bonds. The summed E-state index contributed by atoms with van der Waals surface area (Å²) in [6.07, 6.45) is 3.76. The van der Waals surface area contributed by atoms with Crippen LogP contribution in [0.25, 0.3) is 11.0 Å². The fraction of sp³-hybridized carbons (Fsp3) is 0.333. The second-order valence-electron chi connectivity index (χ2n) is 5.00. The maximum atomic E-state index is 6.27. The van der Waals surface area contributed by atoms with Gasteiger partial charge in [0.25, 0.3) is 0 Å². The number of aryl methyl sites for hydroxylation is 3. The molecule has 0 radical (unpaired) electrons. The maximum Gasteiger partial charge on any atom is 0.127 e. The molecule has 1 aromatic carbocycles. The molecule has 0 spiro atoms. The third-order valence-electron chi connectivity index (χ3n) is 3.40. The number of hydrogen-bond acceptors (Lipinski definition) is 2. The first-order chi connectivity index (χ1) is 9.65. The summed E-state index contributed by atoms with van der Waals surface area (Å²) in [4.78, 5) is 4.65. The van der Waals surface area contributed by atoms with Crippen molar-refractivity contribution in [3.63, 3.8) is 0 Å². The van der Waals surface area contributed by atoms with E-state index in [-0.39, 0.29) is 5.38 Å². The number of benzene rings is 1. The Balaban J connectivity index is 2.01. The largest absolute Gasteiger partial charge is 0.325 e. The Morgan fingerprint density at radius 1 is 1.30 bits per heavy atom. The van der Waals surface area contributed by atoms with Crippen LogP contribution in [-0.4, -0.2) is 19.3 Å². The molecule has 2 heterocycles. The van der Waals surface area contributed by atoms with Crippen molar-refractivity contribution in [2.75, 3.05) is 0 Å². The van der Waals surface area contributed by atoms with Crippen LogP contribution in [0, 0.1) is 6.92 Å². The minimum atomic E-state index is -0.111. The van der Waals surface area contributed by atoms with E-state index in [0.29, 0.717) is 0 Å². The van der Waals surface area contributed by atoms with Gasteiger partial charge in [-0.2, -0.15) is 5.10 Å². The van der Waals surface area contributed by atoms with Gasteiger partial charge in [-0.1, -0.05) is 6.07 Å². The van der Waals surface area contributed by atoms with Crippen LogP contribution in [0.1, 0.15) is 23.7 Å². The van der Waals surface area contributed by atoms with Gasteiger partial charge in [-0.25, -0.2) is 4.98 Å². The van der Waals surface area contributed by atoms with Gasteiger partial charge in [0.1, 0.15) is 5.82 Å². The predicted octanol–water partition coefficient (Wildman–Crippen LogP) is 3.54. The van der Waals surface area contributed by atoms with Gasteiger partial charge in [-0.05, 0) is 37.6 Å². The number of imidazole rings is 1. The summed E-state index contributed by atoms with van der Waals surface area (Å²) >= 11 is 6.27. The van der Waals surface area contributed by atoms with Crippen molar-refractivity contribution in [3.8, 4) is 0 Å². The van der Waals surface area contributed by atoms with Crippen molar-refractivity contribution in [1.29, 1.82) is 0 Å². The molecule has 3 aromatic rings. The van der Waals surface area contributed by atoms with Crippen molar-refractivity contribution >= 4 is 22.6 Å². The highest BCUT2D eigenvalue weighted by Gasteiger charge is 2.14. The first-order valence-corrected chi connectivity index (χ1v) is 7.17. The van der Waals surface area contributed by atoms with Crippen molar-refractivity contribution in [2.24, 2.45) is 0 Å². The fourth-order valence-corrected chi connectivity index (χ4v) is 2.59. The first-order valence-electron chi connectivity index (χ1n) is 6.73. The molecule has 20 heavy (non-hydrogen) atoms. The maximum absolute atomic E-state index is 6.27. The highest BCUT2D eigenvalue weighted by molar-refractivity contribution is 6.20. The SMILES string of the molecule is Cc1ccc2nc(C(C)Cl)n(CCn3cccn3)c2c1. The average Bonchev–Trinajstić information content (AvgIpc) is 3.03. The van der Waals surface area contributed by atoms with Crippen LogP contribution in [0.3, 0.4) is 0 Å². The van der Waals surface area contributed by atoms with E-state index in [2.05, 4.69) is 39.8 Å². The third kappa shape index (κ3) is 2.43. The molecule has 4 nitrogen and oxygen atoms in total. The third-order valence-corrected chi connectivity index (χ3v) is 3.60. The molecule has 3 rings (SSSR count). The highest BCUT2D eigenvalue weighted by Crippen LogP contribution is 2.25. The zero-order chi connectivity index (χ0) is 14.1. The Morgan fingerprint density at radius 2 is 2.15 bits per heavy atom. The van der Waals surface area contributed by atoms with Crippen molar-refractivity contribution in [3.05, 3.63) is 48.0 Å². The van der Waals surface area contributed by atoms with E-state index in [4.69, 9.17) is 11.6 Å². The lowest BCUT2D eigenvalue weighted by molar-refractivity contribution is 0.528. The highest BCUT2D eigenvalue weighted by atomic mass is 35.5. The predicted molar refractivity (Wildman–Crippen MR) is 81.0 cm³/mol. The van der Waals surface area contributed by atoms with E-state index in [1.165, 1.54) is 5.56 Å². The van der Waals surface area contributed by atoms with Gasteiger partial charge in [0.05, 0.1) is 23.0 Å². The summed E-state index contributed by atoms with van der Waals surface area (Å²) in [5, 5.41) is 4.13. The van der Waals surface area contributed by atoms with E-state index in [9.17, 15) is 0 Å². The van der Waals surface area contributed by atoms with Gasteiger partial charge in [0, 0.05) is 18.9 Å². The van der Waals surface area contributed by atoms with E-state index < -0.39 is 0 Å². The van der Waals surface area contributed by atoms with E-state index in [0.717, 1.165) is 29.9 Å². The van der Waals surface area contributed by atoms with Crippen LogP contribution in [0.15, 0.2) is 36.7 Å². The van der Waals surface area contributed by atoms with Crippen LogP contribution >= 0.6 is 11.6 Å². The summed E-state index contributed by atoms with van der Waals surface area (Å²) in [6, 6.07) is 8.23. The lowest BCUT2D eigenvalue weighted by Gasteiger charge is -2.10. The van der Waals surface area contributed by atoms with Gasteiger partial charge in [-0.3, -0.25) is 4.68 Å². The molecule has 0 aliphatic rings. The molecular weight excluding hydrogens is 272 g/mol. The van der Waals surface area contributed by atoms with Gasteiger partial charge in [0.15, 0.2) is 0 Å². The van der Waals surface area contributed by atoms with Gasteiger partial charge in [0.2, 0.25) is 0 Å². The second-order valence-corrected chi connectivity index (χ2v) is 5.65. The summed E-state index contributed by atoms with van der Waals surface area (Å²) in [6.45, 7) is 5.67. The minimum absolute atomic E-state index is 0.111. The Kier molecular flexibility index (Phi) is 3.49. The Labute approximate surface area is 123 Å². The molecule has 1 unspecified atom stereocenters. The molecule has 104 valence electrons. The van der Waals surface area contributed by atoms with Crippen LogP contribution in [0.4, 0.5) is 0 Å². The van der Waals surface area contributed by atoms with Crippen LogP contribution < -0.4 is 0 Å². The van der Waals surface area contributed by atoms with E-state index in [1.54, 1.807) is 6.20 Å². The first kappa shape index (κ1) is 13.2. The molecule has 5 heteroatoms. The molecule has 0 aliphatic heterocycles. The summed E-state index contributed by atoms with van der Waals surface area (Å²) in [5.41, 5.74) is 3.37. The monoisotopic (exact) mass is 288 g/mol. The molecule has 0 bridgehead atoms. The smallest absolute Gasteiger partial charge is 0.127 e. The second kappa shape index (κ2) is 5.29. The van der Waals surface area contributed by atoms with Crippen LogP contribution in [-0.2, 0) is 13.1 Å². The number of rotatable bonds is 4. The molecule has 0 aliphatic carbocycles. The van der Waals surface area contributed by atoms with Gasteiger partial charge in [-0.15, -0.1) is 11.6 Å². The van der Waals surface area contributed by atoms with Crippen LogP contribution in [0.5, 0.6) is 0 Å². The average molecular weight is 289 g/mol. The van der Waals surface area contributed by atoms with Crippen molar-refractivity contribution in [2.45, 2.75) is 32.3 Å². The number of fused-ring (bicyclic) bond motifs is 1. The van der Waals surface area contributed by atoms with E-state index in [1.807, 2.05) is 23.9 Å². The Hall–Kier alpha value is -1.81. The summed E-state index contributed by atoms with van der Waals surface area (Å²) in [5.74, 6) is 0.916. The number of nitrogens with zero attached hydrogens (tertiary/aromatic N) is 4. The minimum Gasteiger partial charge on any atom is -0.325 e. The molecule has 0 N–H and O–H groups in total. The zero-order valence-electron chi connectivity index (χ0n) is 11.6. The van der Waals surface area contributed by atoms with Gasteiger partial charge >= 0.3 is 0 Å². The molecule has 1 atom stereocenters. The lowest BCUT2D eigenvalue weighted by atomic mass is 10.2. The topological polar surface area (TPSA) is 35.6 Å². The van der Waals surface area contributed by atoms with Crippen LogP contribution in [0.2, 0.25) is 0 Å². The Morgan fingerprint density at radius 3 is 2.85 bits per heavy atom. The van der Waals surface area contributed by atoms with Crippen molar-refractivity contribution in [1.82, 2.24) is 19.3 Å². The standard InChI is InChI=1S/C15H17ClN4/c1-11-4-5-13-14(10-11)20(15(18-13)12(2)16)9-8-19-7-3-6-17-19/h3-7,10,12H,8-9H2,1-2H3. The number of aromatic nitrogens is 4. The quantitative estimate of drug-likeness (QED) is 0.688. The molecule has 0 saturated carbocycles. The molecular formula is C15H17ClN4. The van der Waals surface area contributed by atoms with Crippen molar-refractivity contribution < 1.29 is 0 Å². The molecule has 0 saturated heterocycles. The fourth-order valence-electron chi connectivity index (χ4n) is 2.43. The summed E-state index contributed by atoms with van der Waals surface area (Å²) < 4.78 is 4.12. The van der Waals surface area contributed by atoms with Gasteiger partial charge < -0.3 is 4.57 Å². The Bertz CT molecular complexity index is 713. The number of halogens is 1.